The number of amides is 1. The van der Waals surface area contributed by atoms with Gasteiger partial charge in [0.05, 0.1) is 10.9 Å². The van der Waals surface area contributed by atoms with Gasteiger partial charge in [0.1, 0.15) is 10.8 Å². The quantitative estimate of drug-likeness (QED) is 0.911. The Kier molecular flexibility index (Phi) is 4.06. The first kappa shape index (κ1) is 14.2. The van der Waals surface area contributed by atoms with Crippen molar-refractivity contribution in [3.8, 4) is 0 Å². The minimum atomic E-state index is -0.861. The maximum Gasteiger partial charge on any atom is 0.308 e. The molecule has 0 saturated carbocycles. The monoisotopic (exact) mass is 304 g/mol. The number of likely N-dealkylation sites (tertiary alicyclic amines) is 1. The predicted molar refractivity (Wildman–Crippen MR) is 71.7 cm³/mol. The lowest BCUT2D eigenvalue weighted by Crippen LogP contribution is -2.42. The first-order chi connectivity index (χ1) is 8.91. The number of carbonyl (C=O) groups excluding carboxylic acids is 1. The van der Waals surface area contributed by atoms with Crippen molar-refractivity contribution in [2.24, 2.45) is 13.0 Å². The normalized spacial score (nSPS) is 19.5. The van der Waals surface area contributed by atoms with E-state index in [1.54, 1.807) is 11.9 Å². The summed E-state index contributed by atoms with van der Waals surface area (Å²) in [4.78, 5) is 24.9. The molecule has 0 unspecified atom stereocenters. The first-order valence-electron chi connectivity index (χ1n) is 5.94. The van der Waals surface area contributed by atoms with Gasteiger partial charge < -0.3 is 14.6 Å². The van der Waals surface area contributed by atoms with E-state index in [9.17, 15) is 9.59 Å². The summed E-state index contributed by atoms with van der Waals surface area (Å²) in [5.74, 6) is -1.59. The lowest BCUT2D eigenvalue weighted by atomic mass is 9.98. The highest BCUT2D eigenvalue weighted by atomic mass is 35.5. The fourth-order valence-corrected chi connectivity index (χ4v) is 2.65. The molecule has 0 bridgehead atoms. The zero-order valence-corrected chi connectivity index (χ0v) is 11.9. The Morgan fingerprint density at radius 3 is 2.63 bits per heavy atom. The smallest absolute Gasteiger partial charge is 0.308 e. The molecule has 0 spiro atoms. The number of aromatic nitrogens is 1. The Labute approximate surface area is 120 Å². The summed E-state index contributed by atoms with van der Waals surface area (Å²) in [5.41, 5.74) is 0.376. The van der Waals surface area contributed by atoms with E-state index in [1.807, 2.05) is 0 Å². The van der Waals surface area contributed by atoms with E-state index in [0.717, 1.165) is 0 Å². The molecule has 0 radical (unpaired) electrons. The summed E-state index contributed by atoms with van der Waals surface area (Å²) in [5, 5.41) is 9.65. The van der Waals surface area contributed by atoms with E-state index in [0.29, 0.717) is 35.3 Å². The van der Waals surface area contributed by atoms with Gasteiger partial charge in [-0.25, -0.2) is 0 Å². The van der Waals surface area contributed by atoms with Crippen LogP contribution in [0, 0.1) is 5.92 Å². The van der Waals surface area contributed by atoms with Gasteiger partial charge >= 0.3 is 5.97 Å². The fraction of sp³-hybridized carbons (Fsp3) is 0.500. The van der Waals surface area contributed by atoms with Gasteiger partial charge in [-0.15, -0.1) is 0 Å². The summed E-state index contributed by atoms with van der Waals surface area (Å²) in [7, 11) is 1.65. The molecule has 1 saturated heterocycles. The van der Waals surface area contributed by atoms with Crippen LogP contribution in [-0.4, -0.2) is 39.5 Å². The number of aliphatic carboxylic acids is 1. The van der Waals surface area contributed by atoms with Crippen molar-refractivity contribution in [2.45, 2.75) is 12.8 Å². The molecule has 1 aliphatic heterocycles. The average molecular weight is 305 g/mol. The van der Waals surface area contributed by atoms with Crippen LogP contribution in [0.3, 0.4) is 0 Å². The molecule has 1 N–H and O–H groups in total. The standard InChI is InChI=1S/C12H14Cl2N2O3/c1-15-9(5-8(13)10(15)14)11(17)16-4-2-3-7(6-16)12(18)19/h5,7H,2-4,6H2,1H3,(H,18,19)/t7-/m0/s1. The summed E-state index contributed by atoms with van der Waals surface area (Å²) >= 11 is 11.8. The van der Waals surface area contributed by atoms with Crippen LogP contribution in [0.15, 0.2) is 6.07 Å². The van der Waals surface area contributed by atoms with Crippen molar-refractivity contribution < 1.29 is 14.7 Å². The van der Waals surface area contributed by atoms with Gasteiger partial charge in [-0.05, 0) is 18.9 Å². The highest BCUT2D eigenvalue weighted by Gasteiger charge is 2.30. The van der Waals surface area contributed by atoms with Crippen LogP contribution in [0.5, 0.6) is 0 Å². The highest BCUT2D eigenvalue weighted by molar-refractivity contribution is 6.41. The van der Waals surface area contributed by atoms with E-state index in [-0.39, 0.29) is 12.5 Å². The second-order valence-electron chi connectivity index (χ2n) is 4.66. The molecule has 1 atom stereocenters. The number of halogens is 2. The zero-order valence-electron chi connectivity index (χ0n) is 10.4. The van der Waals surface area contributed by atoms with Crippen molar-refractivity contribution in [3.05, 3.63) is 21.9 Å². The summed E-state index contributed by atoms with van der Waals surface area (Å²) in [6, 6.07) is 1.51. The van der Waals surface area contributed by atoms with Crippen LogP contribution in [-0.2, 0) is 11.8 Å². The number of rotatable bonds is 2. The van der Waals surface area contributed by atoms with Crippen molar-refractivity contribution in [1.82, 2.24) is 9.47 Å². The predicted octanol–water partition coefficient (Wildman–Crippen LogP) is 2.27. The molecule has 7 heteroatoms. The topological polar surface area (TPSA) is 62.5 Å². The summed E-state index contributed by atoms with van der Waals surface area (Å²) in [6.45, 7) is 0.789. The third-order valence-corrected chi connectivity index (χ3v) is 4.24. The molecule has 0 aromatic carbocycles. The van der Waals surface area contributed by atoms with Crippen molar-refractivity contribution >= 4 is 35.1 Å². The second kappa shape index (κ2) is 5.43. The minimum absolute atomic E-state index is 0.231. The molecule has 5 nitrogen and oxygen atoms in total. The Morgan fingerprint density at radius 1 is 1.42 bits per heavy atom. The number of carboxylic acids is 1. The van der Waals surface area contributed by atoms with Crippen molar-refractivity contribution in [1.29, 1.82) is 0 Å². The third kappa shape index (κ3) is 2.72. The Hall–Kier alpha value is -1.20. The molecule has 19 heavy (non-hydrogen) atoms. The number of carbonyl (C=O) groups is 2. The van der Waals surface area contributed by atoms with Crippen molar-refractivity contribution in [3.63, 3.8) is 0 Å². The SMILES string of the molecule is Cn1c(C(=O)N2CCC[C@H](C(=O)O)C2)cc(Cl)c1Cl. The van der Waals surface area contributed by atoms with Gasteiger partial charge in [0.2, 0.25) is 0 Å². The van der Waals surface area contributed by atoms with E-state index in [4.69, 9.17) is 28.3 Å². The number of hydrogen-bond acceptors (Lipinski definition) is 2. The molecule has 2 rings (SSSR count). The second-order valence-corrected chi connectivity index (χ2v) is 5.42. The zero-order chi connectivity index (χ0) is 14.2. The van der Waals surface area contributed by atoms with E-state index < -0.39 is 11.9 Å². The van der Waals surface area contributed by atoms with E-state index >= 15 is 0 Å². The molecular weight excluding hydrogens is 291 g/mol. The molecule has 0 aliphatic carbocycles. The van der Waals surface area contributed by atoms with Crippen LogP contribution in [0.2, 0.25) is 10.2 Å². The maximum absolute atomic E-state index is 12.3. The third-order valence-electron chi connectivity index (χ3n) is 3.39. The first-order valence-corrected chi connectivity index (χ1v) is 6.70. The van der Waals surface area contributed by atoms with Gasteiger partial charge in [0.15, 0.2) is 0 Å². The summed E-state index contributed by atoms with van der Waals surface area (Å²) < 4.78 is 1.51. The molecular formula is C12H14Cl2N2O3. The van der Waals surface area contributed by atoms with Gasteiger partial charge in [-0.1, -0.05) is 23.2 Å². The Balaban J connectivity index is 2.19. The van der Waals surface area contributed by atoms with Crippen molar-refractivity contribution in [2.75, 3.05) is 13.1 Å². The molecule has 2 heterocycles. The Morgan fingerprint density at radius 2 is 2.11 bits per heavy atom. The molecule has 1 amide bonds. The van der Waals surface area contributed by atoms with Crippen LogP contribution in [0.4, 0.5) is 0 Å². The lowest BCUT2D eigenvalue weighted by molar-refractivity contribution is -0.143. The maximum atomic E-state index is 12.3. The summed E-state index contributed by atoms with van der Waals surface area (Å²) in [6.07, 6.45) is 1.29. The van der Waals surface area contributed by atoms with Gasteiger partial charge in [-0.3, -0.25) is 9.59 Å². The fourth-order valence-electron chi connectivity index (χ4n) is 2.27. The van der Waals surface area contributed by atoms with E-state index in [1.165, 1.54) is 10.6 Å². The van der Waals surface area contributed by atoms with Crippen LogP contribution < -0.4 is 0 Å². The largest absolute Gasteiger partial charge is 0.481 e. The minimum Gasteiger partial charge on any atom is -0.481 e. The van der Waals surface area contributed by atoms with E-state index in [2.05, 4.69) is 0 Å². The number of nitrogens with zero attached hydrogens (tertiary/aromatic N) is 2. The molecule has 1 aromatic heterocycles. The van der Waals surface area contributed by atoms with Crippen LogP contribution in [0.1, 0.15) is 23.3 Å². The highest BCUT2D eigenvalue weighted by Crippen LogP contribution is 2.27. The lowest BCUT2D eigenvalue weighted by Gasteiger charge is -2.30. The molecule has 1 aromatic rings. The Bertz CT molecular complexity index is 527. The molecule has 104 valence electrons. The van der Waals surface area contributed by atoms with Gasteiger partial charge in [0, 0.05) is 20.1 Å². The average Bonchev–Trinajstić information content (AvgIpc) is 2.66. The number of hydrogen-bond donors (Lipinski definition) is 1. The van der Waals surface area contributed by atoms with Crippen LogP contribution in [0.25, 0.3) is 0 Å². The number of carboxylic acid groups (broad SMARTS) is 1. The van der Waals surface area contributed by atoms with Gasteiger partial charge in [0.25, 0.3) is 5.91 Å². The molecule has 1 aliphatic rings. The van der Waals surface area contributed by atoms with Crippen LogP contribution >= 0.6 is 23.2 Å². The molecule has 1 fully saturated rings. The van der Waals surface area contributed by atoms with Gasteiger partial charge in [-0.2, -0.15) is 0 Å². The number of piperidine rings is 1.